The summed E-state index contributed by atoms with van der Waals surface area (Å²) in [7, 11) is 1.72. The van der Waals surface area contributed by atoms with Crippen LogP contribution in [0.5, 0.6) is 0 Å². The van der Waals surface area contributed by atoms with Crippen molar-refractivity contribution in [3.05, 3.63) is 11.4 Å². The molecule has 1 heterocycles. The average Bonchev–Trinajstić information content (AvgIpc) is 2.53. The zero-order valence-corrected chi connectivity index (χ0v) is 7.89. The molecule has 74 valence electrons. The van der Waals surface area contributed by atoms with Crippen LogP contribution in [0.1, 0.15) is 6.92 Å². The summed E-state index contributed by atoms with van der Waals surface area (Å²) in [5, 5.41) is 9.92. The molecule has 0 radical (unpaired) electrons. The van der Waals surface area contributed by atoms with E-state index in [9.17, 15) is 0 Å². The fourth-order valence-electron chi connectivity index (χ4n) is 1.36. The van der Waals surface area contributed by atoms with Gasteiger partial charge in [0.15, 0.2) is 0 Å². The molecular formula is C8H15N3O2. The quantitative estimate of drug-likeness (QED) is 0.531. The molecule has 5 nitrogen and oxygen atoms in total. The molecule has 0 aromatic heterocycles. The summed E-state index contributed by atoms with van der Waals surface area (Å²) in [6.07, 6.45) is 1.07. The van der Waals surface area contributed by atoms with Gasteiger partial charge in [0.1, 0.15) is 0 Å². The highest BCUT2D eigenvalue weighted by atomic mass is 16.7. The Morgan fingerprint density at radius 1 is 1.54 bits per heavy atom. The summed E-state index contributed by atoms with van der Waals surface area (Å²) in [4.78, 5) is 0. The number of hydrogen-bond donors (Lipinski definition) is 3. The van der Waals surface area contributed by atoms with Crippen LogP contribution < -0.4 is 11.1 Å². The maximum absolute atomic E-state index is 7.03. The zero-order chi connectivity index (χ0) is 9.90. The number of likely N-dealkylation sites (N-methyl/N-ethyl adjacent to an activating group) is 1. The molecule has 0 unspecified atom stereocenters. The van der Waals surface area contributed by atoms with Crippen LogP contribution in [-0.4, -0.2) is 32.3 Å². The van der Waals surface area contributed by atoms with E-state index in [0.29, 0.717) is 24.6 Å². The third-order valence-electron chi connectivity index (χ3n) is 1.99. The molecule has 0 amide bonds. The Kier molecular flexibility index (Phi) is 2.90. The first-order chi connectivity index (χ1) is 6.14. The third kappa shape index (κ3) is 1.81. The van der Waals surface area contributed by atoms with Crippen LogP contribution in [0.15, 0.2) is 11.4 Å². The number of rotatable bonds is 3. The number of nitrogens with one attached hydrogen (secondary N) is 2. The van der Waals surface area contributed by atoms with Gasteiger partial charge in [-0.2, -0.15) is 0 Å². The van der Waals surface area contributed by atoms with E-state index in [1.165, 1.54) is 0 Å². The van der Waals surface area contributed by atoms with Gasteiger partial charge in [-0.05, 0) is 6.92 Å². The van der Waals surface area contributed by atoms with Crippen LogP contribution in [0.4, 0.5) is 0 Å². The second kappa shape index (κ2) is 3.76. The van der Waals surface area contributed by atoms with Gasteiger partial charge in [0.2, 0.25) is 5.79 Å². The molecule has 0 spiro atoms. The molecule has 0 aliphatic carbocycles. The molecule has 0 aromatic rings. The van der Waals surface area contributed by atoms with Crippen molar-refractivity contribution < 1.29 is 9.47 Å². The normalized spacial score (nSPS) is 22.3. The van der Waals surface area contributed by atoms with Crippen molar-refractivity contribution in [3.8, 4) is 0 Å². The summed E-state index contributed by atoms with van der Waals surface area (Å²) >= 11 is 0. The summed E-state index contributed by atoms with van der Waals surface area (Å²) < 4.78 is 10.8. The van der Waals surface area contributed by atoms with Gasteiger partial charge in [0.05, 0.1) is 24.6 Å². The molecule has 0 atom stereocenters. The minimum absolute atomic E-state index is 0.326. The van der Waals surface area contributed by atoms with Crippen LogP contribution in [0, 0.1) is 5.41 Å². The lowest BCUT2D eigenvalue weighted by Gasteiger charge is -2.26. The Balaban J connectivity index is 2.94. The standard InChI is InChI=1S/C8H15N3O2/c1-8(12-3-4-13-8)7(11-2)6(10)5-9/h5,9,11H,3-4,10H2,1-2H3/b7-6+,9-5?. The largest absolute Gasteiger partial charge is 0.396 e. The van der Waals surface area contributed by atoms with Crippen molar-refractivity contribution in [2.45, 2.75) is 12.7 Å². The molecule has 1 aliphatic rings. The molecule has 5 heteroatoms. The first-order valence-corrected chi connectivity index (χ1v) is 4.10. The lowest BCUT2D eigenvalue weighted by Crippen LogP contribution is -2.37. The second-order valence-electron chi connectivity index (χ2n) is 2.87. The Hall–Kier alpha value is -1.07. The molecule has 0 bridgehead atoms. The van der Waals surface area contributed by atoms with E-state index in [1.807, 2.05) is 0 Å². The fraction of sp³-hybridized carbons (Fsp3) is 0.625. The summed E-state index contributed by atoms with van der Waals surface area (Å²) in [5.74, 6) is -0.823. The van der Waals surface area contributed by atoms with Gasteiger partial charge < -0.3 is 25.9 Å². The van der Waals surface area contributed by atoms with E-state index in [4.69, 9.17) is 20.6 Å². The first kappa shape index (κ1) is 10.0. The van der Waals surface area contributed by atoms with Gasteiger partial charge >= 0.3 is 0 Å². The molecular weight excluding hydrogens is 170 g/mol. The molecule has 1 fully saturated rings. The second-order valence-corrected chi connectivity index (χ2v) is 2.87. The number of nitrogens with two attached hydrogens (primary N) is 1. The molecule has 0 aromatic carbocycles. The first-order valence-electron chi connectivity index (χ1n) is 4.10. The SMILES string of the molecule is CN/C(=C(/N)C=N)C1(C)OCCO1. The minimum atomic E-state index is -0.823. The van der Waals surface area contributed by atoms with Gasteiger partial charge in [0, 0.05) is 13.3 Å². The number of allylic oxidation sites excluding steroid dienone is 1. The highest BCUT2D eigenvalue weighted by Gasteiger charge is 2.36. The topological polar surface area (TPSA) is 80.4 Å². The van der Waals surface area contributed by atoms with Gasteiger partial charge in [-0.15, -0.1) is 0 Å². The van der Waals surface area contributed by atoms with Crippen LogP contribution >= 0.6 is 0 Å². The Bertz CT molecular complexity index is 232. The van der Waals surface area contributed by atoms with Crippen LogP contribution in [0.2, 0.25) is 0 Å². The van der Waals surface area contributed by atoms with Gasteiger partial charge in [-0.3, -0.25) is 0 Å². The predicted molar refractivity (Wildman–Crippen MR) is 49.4 cm³/mol. The predicted octanol–water partition coefficient (Wildman–Crippen LogP) is -0.211. The van der Waals surface area contributed by atoms with Gasteiger partial charge in [0.25, 0.3) is 0 Å². The van der Waals surface area contributed by atoms with E-state index in [1.54, 1.807) is 14.0 Å². The van der Waals surface area contributed by atoms with Crippen LogP contribution in [-0.2, 0) is 9.47 Å². The average molecular weight is 185 g/mol. The van der Waals surface area contributed by atoms with Crippen LogP contribution in [0.25, 0.3) is 0 Å². The molecule has 1 rings (SSSR count). The van der Waals surface area contributed by atoms with E-state index < -0.39 is 5.79 Å². The molecule has 0 saturated carbocycles. The minimum Gasteiger partial charge on any atom is -0.396 e. The monoisotopic (exact) mass is 185 g/mol. The van der Waals surface area contributed by atoms with Gasteiger partial charge in [-0.25, -0.2) is 0 Å². The zero-order valence-electron chi connectivity index (χ0n) is 7.89. The van der Waals surface area contributed by atoms with Crippen molar-refractivity contribution in [3.63, 3.8) is 0 Å². The third-order valence-corrected chi connectivity index (χ3v) is 1.99. The van der Waals surface area contributed by atoms with Gasteiger partial charge in [-0.1, -0.05) is 0 Å². The highest BCUT2D eigenvalue weighted by Crippen LogP contribution is 2.25. The summed E-state index contributed by atoms with van der Waals surface area (Å²) in [6, 6.07) is 0. The molecule has 13 heavy (non-hydrogen) atoms. The van der Waals surface area contributed by atoms with E-state index >= 15 is 0 Å². The van der Waals surface area contributed by atoms with Crippen molar-refractivity contribution in [1.82, 2.24) is 5.32 Å². The van der Waals surface area contributed by atoms with E-state index in [-0.39, 0.29) is 0 Å². The maximum Gasteiger partial charge on any atom is 0.209 e. The van der Waals surface area contributed by atoms with Crippen LogP contribution in [0.3, 0.4) is 0 Å². The van der Waals surface area contributed by atoms with Crippen molar-refractivity contribution in [2.24, 2.45) is 5.73 Å². The maximum atomic E-state index is 7.03. The van der Waals surface area contributed by atoms with E-state index in [2.05, 4.69) is 5.32 Å². The Morgan fingerprint density at radius 2 is 2.08 bits per heavy atom. The Labute approximate surface area is 77.4 Å². The molecule has 4 N–H and O–H groups in total. The van der Waals surface area contributed by atoms with Crippen molar-refractivity contribution in [2.75, 3.05) is 20.3 Å². The molecule has 1 aliphatic heterocycles. The lowest BCUT2D eigenvalue weighted by atomic mass is 10.2. The number of ether oxygens (including phenoxy) is 2. The Morgan fingerprint density at radius 3 is 2.46 bits per heavy atom. The fourth-order valence-corrected chi connectivity index (χ4v) is 1.36. The lowest BCUT2D eigenvalue weighted by molar-refractivity contribution is -0.114. The highest BCUT2D eigenvalue weighted by molar-refractivity contribution is 5.75. The summed E-state index contributed by atoms with van der Waals surface area (Å²) in [6.45, 7) is 2.88. The van der Waals surface area contributed by atoms with E-state index in [0.717, 1.165) is 6.21 Å². The summed E-state index contributed by atoms with van der Waals surface area (Å²) in [5.41, 5.74) is 6.53. The molecule has 1 saturated heterocycles. The smallest absolute Gasteiger partial charge is 0.209 e. The number of hydrogen-bond acceptors (Lipinski definition) is 5. The van der Waals surface area contributed by atoms with Crippen molar-refractivity contribution in [1.29, 1.82) is 5.41 Å². The van der Waals surface area contributed by atoms with Crippen molar-refractivity contribution >= 4 is 6.21 Å².